The molecule has 0 fully saturated rings. The van der Waals surface area contributed by atoms with Crippen LogP contribution in [0, 0.1) is 17.5 Å². The quantitative estimate of drug-likeness (QED) is 0.814. The lowest BCUT2D eigenvalue weighted by atomic mass is 10.2. The van der Waals surface area contributed by atoms with Gasteiger partial charge in [-0.3, -0.25) is 9.69 Å². The van der Waals surface area contributed by atoms with Crippen LogP contribution in [0.4, 0.5) is 18.9 Å². The molecule has 1 amide bonds. The predicted molar refractivity (Wildman–Crippen MR) is 87.3 cm³/mol. The van der Waals surface area contributed by atoms with E-state index in [1.807, 2.05) is 12.1 Å². The van der Waals surface area contributed by atoms with E-state index in [0.717, 1.165) is 17.7 Å². The molecule has 2 aromatic carbocycles. The largest absolute Gasteiger partial charge is 0.322 e. The highest BCUT2D eigenvalue weighted by atomic mass is 35.5. The maximum Gasteiger partial charge on any atom is 0.241 e. The highest BCUT2D eigenvalue weighted by molar-refractivity contribution is 6.30. The number of likely N-dealkylation sites (N-methyl/N-ethyl adjacent to an activating group) is 1. The Morgan fingerprint density at radius 1 is 1.12 bits per heavy atom. The monoisotopic (exact) mass is 356 g/mol. The van der Waals surface area contributed by atoms with E-state index in [2.05, 4.69) is 5.32 Å². The van der Waals surface area contributed by atoms with Gasteiger partial charge in [-0.1, -0.05) is 23.7 Å². The van der Waals surface area contributed by atoms with E-state index in [1.54, 1.807) is 31.0 Å². The minimum atomic E-state index is -1.62. The van der Waals surface area contributed by atoms with Gasteiger partial charge in [-0.15, -0.1) is 0 Å². The fourth-order valence-electron chi connectivity index (χ4n) is 2.07. The molecule has 0 spiro atoms. The number of rotatable bonds is 5. The first-order chi connectivity index (χ1) is 11.3. The lowest BCUT2D eigenvalue weighted by molar-refractivity contribution is -0.120. The van der Waals surface area contributed by atoms with Crippen molar-refractivity contribution in [3.63, 3.8) is 0 Å². The number of hydrogen-bond acceptors (Lipinski definition) is 2. The van der Waals surface area contributed by atoms with Crippen LogP contribution in [0.25, 0.3) is 0 Å². The molecule has 1 atom stereocenters. The third-order valence-corrected chi connectivity index (χ3v) is 3.93. The first kappa shape index (κ1) is 18.3. The van der Waals surface area contributed by atoms with Crippen molar-refractivity contribution in [3.8, 4) is 0 Å². The maximum absolute atomic E-state index is 13.6. The van der Waals surface area contributed by atoms with E-state index in [4.69, 9.17) is 11.6 Å². The fraction of sp³-hybridized carbons (Fsp3) is 0.235. The normalized spacial score (nSPS) is 12.3. The van der Waals surface area contributed by atoms with Gasteiger partial charge in [-0.2, -0.15) is 0 Å². The SMILES string of the molecule is C[C@H](C(=O)Nc1ccc(F)c(F)c1F)N(C)Cc1ccc(Cl)cc1. The smallest absolute Gasteiger partial charge is 0.241 e. The summed E-state index contributed by atoms with van der Waals surface area (Å²) in [6.07, 6.45) is 0. The Bertz CT molecular complexity index is 737. The minimum Gasteiger partial charge on any atom is -0.322 e. The van der Waals surface area contributed by atoms with E-state index < -0.39 is 35.1 Å². The summed E-state index contributed by atoms with van der Waals surface area (Å²) >= 11 is 5.82. The van der Waals surface area contributed by atoms with Gasteiger partial charge < -0.3 is 5.32 Å². The molecule has 0 aromatic heterocycles. The van der Waals surface area contributed by atoms with Crippen molar-refractivity contribution < 1.29 is 18.0 Å². The second-order valence-corrected chi connectivity index (χ2v) is 5.87. The Morgan fingerprint density at radius 3 is 2.38 bits per heavy atom. The van der Waals surface area contributed by atoms with Crippen LogP contribution in [0.5, 0.6) is 0 Å². The molecule has 0 saturated carbocycles. The average molecular weight is 357 g/mol. The van der Waals surface area contributed by atoms with Gasteiger partial charge in [0, 0.05) is 11.6 Å². The number of hydrogen-bond donors (Lipinski definition) is 1. The molecule has 7 heteroatoms. The highest BCUT2D eigenvalue weighted by Crippen LogP contribution is 2.20. The molecule has 0 aliphatic rings. The second kappa shape index (κ2) is 7.68. The Kier molecular flexibility index (Phi) is 5.85. The average Bonchev–Trinajstić information content (AvgIpc) is 2.56. The van der Waals surface area contributed by atoms with E-state index in [9.17, 15) is 18.0 Å². The minimum absolute atomic E-state index is 0.398. The third kappa shape index (κ3) is 4.27. The first-order valence-electron chi connectivity index (χ1n) is 7.18. The molecule has 0 aliphatic carbocycles. The van der Waals surface area contributed by atoms with Gasteiger partial charge in [-0.05, 0) is 43.8 Å². The van der Waals surface area contributed by atoms with Gasteiger partial charge in [0.05, 0.1) is 11.7 Å². The number of halogens is 4. The summed E-state index contributed by atoms with van der Waals surface area (Å²) < 4.78 is 39.7. The van der Waals surface area contributed by atoms with Crippen molar-refractivity contribution in [2.45, 2.75) is 19.5 Å². The van der Waals surface area contributed by atoms with E-state index in [-0.39, 0.29) is 0 Å². The molecule has 24 heavy (non-hydrogen) atoms. The second-order valence-electron chi connectivity index (χ2n) is 5.43. The highest BCUT2D eigenvalue weighted by Gasteiger charge is 2.21. The molecule has 3 nitrogen and oxygen atoms in total. The van der Waals surface area contributed by atoms with Gasteiger partial charge in [0.2, 0.25) is 5.91 Å². The molecule has 0 bridgehead atoms. The van der Waals surface area contributed by atoms with E-state index in [0.29, 0.717) is 11.6 Å². The maximum atomic E-state index is 13.6. The van der Waals surface area contributed by atoms with Crippen molar-refractivity contribution in [2.75, 3.05) is 12.4 Å². The number of anilines is 1. The molecule has 0 aliphatic heterocycles. The summed E-state index contributed by atoms with van der Waals surface area (Å²) in [6.45, 7) is 2.09. The zero-order valence-corrected chi connectivity index (χ0v) is 13.9. The summed E-state index contributed by atoms with van der Waals surface area (Å²) in [6, 6.07) is 8.27. The number of carbonyl (C=O) groups excluding carboxylic acids is 1. The molecular weight excluding hydrogens is 341 g/mol. The van der Waals surface area contributed by atoms with Crippen LogP contribution in [0.3, 0.4) is 0 Å². The van der Waals surface area contributed by atoms with Gasteiger partial charge >= 0.3 is 0 Å². The Hall–Kier alpha value is -2.05. The molecule has 0 radical (unpaired) electrons. The standard InChI is InChI=1S/C17H16ClF3N2O/c1-10(23(2)9-11-3-5-12(18)6-4-11)17(24)22-14-8-7-13(19)15(20)16(14)21/h3-8,10H,9H2,1-2H3,(H,22,24)/t10-/m1/s1. The van der Waals surface area contributed by atoms with Crippen LogP contribution in [0.2, 0.25) is 5.02 Å². The number of carbonyl (C=O) groups is 1. The molecule has 128 valence electrons. The zero-order valence-electron chi connectivity index (χ0n) is 13.1. The fourth-order valence-corrected chi connectivity index (χ4v) is 2.20. The van der Waals surface area contributed by atoms with Crippen molar-refractivity contribution >= 4 is 23.2 Å². The first-order valence-corrected chi connectivity index (χ1v) is 7.56. The summed E-state index contributed by atoms with van der Waals surface area (Å²) in [5.74, 6) is -4.87. The zero-order chi connectivity index (χ0) is 17.9. The number of nitrogens with zero attached hydrogens (tertiary/aromatic N) is 1. The van der Waals surface area contributed by atoms with Crippen LogP contribution in [-0.2, 0) is 11.3 Å². The van der Waals surface area contributed by atoms with Gasteiger partial charge in [0.15, 0.2) is 17.5 Å². The summed E-state index contributed by atoms with van der Waals surface area (Å²) in [5.41, 5.74) is 0.547. The summed E-state index contributed by atoms with van der Waals surface area (Å²) in [5, 5.41) is 2.88. The van der Waals surface area contributed by atoms with Crippen LogP contribution >= 0.6 is 11.6 Å². The van der Waals surface area contributed by atoms with E-state index in [1.165, 1.54) is 0 Å². The summed E-state index contributed by atoms with van der Waals surface area (Å²) in [4.78, 5) is 13.9. The molecular formula is C17H16ClF3N2O. The Balaban J connectivity index is 2.03. The lowest BCUT2D eigenvalue weighted by Crippen LogP contribution is -2.39. The van der Waals surface area contributed by atoms with Crippen molar-refractivity contribution in [1.82, 2.24) is 4.90 Å². The van der Waals surface area contributed by atoms with Gasteiger partial charge in [-0.25, -0.2) is 13.2 Å². The molecule has 0 saturated heterocycles. The van der Waals surface area contributed by atoms with Crippen molar-refractivity contribution in [1.29, 1.82) is 0 Å². The van der Waals surface area contributed by atoms with Crippen LogP contribution < -0.4 is 5.32 Å². The Labute approximate surface area is 143 Å². The third-order valence-electron chi connectivity index (χ3n) is 3.68. The number of amides is 1. The van der Waals surface area contributed by atoms with Crippen LogP contribution in [-0.4, -0.2) is 23.9 Å². The molecule has 1 N–H and O–H groups in total. The van der Waals surface area contributed by atoms with Crippen molar-refractivity contribution in [3.05, 3.63) is 64.4 Å². The van der Waals surface area contributed by atoms with Crippen LogP contribution in [0.1, 0.15) is 12.5 Å². The number of nitrogens with one attached hydrogen (secondary N) is 1. The molecule has 0 heterocycles. The van der Waals surface area contributed by atoms with Gasteiger partial charge in [0.25, 0.3) is 0 Å². The molecule has 2 rings (SSSR count). The molecule has 2 aromatic rings. The predicted octanol–water partition coefficient (Wildman–Crippen LogP) is 4.22. The van der Waals surface area contributed by atoms with Gasteiger partial charge in [0.1, 0.15) is 0 Å². The molecule has 0 unspecified atom stereocenters. The van der Waals surface area contributed by atoms with Crippen LogP contribution in [0.15, 0.2) is 36.4 Å². The summed E-state index contributed by atoms with van der Waals surface area (Å²) in [7, 11) is 1.72. The Morgan fingerprint density at radius 2 is 1.75 bits per heavy atom. The van der Waals surface area contributed by atoms with Crippen molar-refractivity contribution in [2.24, 2.45) is 0 Å². The topological polar surface area (TPSA) is 32.3 Å². The number of benzene rings is 2. The van der Waals surface area contributed by atoms with E-state index >= 15 is 0 Å². The lowest BCUT2D eigenvalue weighted by Gasteiger charge is -2.24.